The highest BCUT2D eigenvalue weighted by Crippen LogP contribution is 2.28. The van der Waals surface area contributed by atoms with Gasteiger partial charge in [0.1, 0.15) is 5.82 Å². The summed E-state index contributed by atoms with van der Waals surface area (Å²) in [7, 11) is -0.0978. The van der Waals surface area contributed by atoms with Crippen LogP contribution in [0.3, 0.4) is 0 Å². The highest BCUT2D eigenvalue weighted by atomic mass is 28.3. The van der Waals surface area contributed by atoms with Crippen molar-refractivity contribution in [3.8, 4) is 0 Å². The molecule has 2 atom stereocenters. The number of carbonyl (C=O) groups is 2. The van der Waals surface area contributed by atoms with Crippen LogP contribution in [0.15, 0.2) is 48.5 Å². The number of halogens is 1. The lowest BCUT2D eigenvalue weighted by molar-refractivity contribution is -0.135. The van der Waals surface area contributed by atoms with Crippen LogP contribution in [0, 0.1) is 5.82 Å². The van der Waals surface area contributed by atoms with Crippen molar-refractivity contribution >= 4 is 20.0 Å². The van der Waals surface area contributed by atoms with Crippen molar-refractivity contribution in [3.05, 3.63) is 71.0 Å². The molecule has 30 heavy (non-hydrogen) atoms. The molecule has 2 aromatic rings. The Labute approximate surface area is 178 Å². The molecule has 0 spiro atoms. The summed E-state index contributed by atoms with van der Waals surface area (Å²) < 4.78 is 19.2. The van der Waals surface area contributed by atoms with E-state index in [-0.39, 0.29) is 17.8 Å². The van der Waals surface area contributed by atoms with E-state index in [1.165, 1.54) is 13.2 Å². The van der Waals surface area contributed by atoms with Gasteiger partial charge in [-0.25, -0.2) is 9.18 Å². The van der Waals surface area contributed by atoms with Gasteiger partial charge in [-0.15, -0.1) is 0 Å². The van der Waals surface area contributed by atoms with E-state index in [0.29, 0.717) is 17.7 Å². The van der Waals surface area contributed by atoms with Crippen molar-refractivity contribution in [2.45, 2.75) is 44.7 Å². The van der Waals surface area contributed by atoms with Crippen LogP contribution in [0.2, 0.25) is 19.1 Å². The molecule has 1 amide bonds. The van der Waals surface area contributed by atoms with E-state index in [9.17, 15) is 14.0 Å². The van der Waals surface area contributed by atoms with Crippen molar-refractivity contribution in [1.29, 1.82) is 0 Å². The normalized spacial score (nSPS) is 18.6. The topological polar surface area (TPSA) is 58.6 Å². The minimum Gasteiger partial charge on any atom is -0.465 e. The van der Waals surface area contributed by atoms with Gasteiger partial charge in [0.25, 0.3) is 0 Å². The van der Waals surface area contributed by atoms with E-state index in [1.807, 2.05) is 6.92 Å². The largest absolute Gasteiger partial charge is 0.465 e. The van der Waals surface area contributed by atoms with Crippen molar-refractivity contribution < 1.29 is 18.7 Å². The molecular formula is C23H29FN2O3Si. The molecule has 1 fully saturated rings. The number of rotatable bonds is 6. The van der Waals surface area contributed by atoms with Gasteiger partial charge in [-0.3, -0.25) is 4.79 Å². The molecule has 0 aliphatic carbocycles. The first-order valence-electron chi connectivity index (χ1n) is 10.2. The van der Waals surface area contributed by atoms with Gasteiger partial charge in [0.15, 0.2) is 0 Å². The number of nitrogens with zero attached hydrogens (tertiary/aromatic N) is 1. The smallest absolute Gasteiger partial charge is 0.337 e. The molecule has 1 N–H and O–H groups in total. The van der Waals surface area contributed by atoms with Crippen LogP contribution < -0.4 is 5.32 Å². The van der Waals surface area contributed by atoms with E-state index in [2.05, 4.69) is 18.4 Å². The Hall–Kier alpha value is -2.51. The van der Waals surface area contributed by atoms with E-state index >= 15 is 0 Å². The van der Waals surface area contributed by atoms with Crippen molar-refractivity contribution in [2.75, 3.05) is 13.3 Å². The van der Waals surface area contributed by atoms with Crippen molar-refractivity contribution in [3.63, 3.8) is 0 Å². The maximum Gasteiger partial charge on any atom is 0.337 e. The second-order valence-electron chi connectivity index (χ2n) is 8.65. The van der Waals surface area contributed by atoms with Gasteiger partial charge in [0, 0.05) is 12.1 Å². The van der Waals surface area contributed by atoms with E-state index in [1.54, 1.807) is 47.4 Å². The van der Waals surface area contributed by atoms with Crippen LogP contribution >= 0.6 is 0 Å². The highest BCUT2D eigenvalue weighted by Gasteiger charge is 2.39. The van der Waals surface area contributed by atoms with Crippen LogP contribution in [0.4, 0.5) is 4.39 Å². The Morgan fingerprint density at radius 2 is 1.87 bits per heavy atom. The van der Waals surface area contributed by atoms with Crippen LogP contribution in [-0.4, -0.2) is 44.2 Å². The maximum absolute atomic E-state index is 14.5. The Morgan fingerprint density at radius 1 is 1.20 bits per heavy atom. The fourth-order valence-electron chi connectivity index (χ4n) is 3.92. The monoisotopic (exact) mass is 428 g/mol. The van der Waals surface area contributed by atoms with Gasteiger partial charge in [-0.1, -0.05) is 43.4 Å². The third-order valence-corrected chi connectivity index (χ3v) is 8.39. The minimum atomic E-state index is -1.44. The SMILES string of the molecule is COC(=O)c1ccc(CN(C(=O)[C@@H]2C[Si](C)(C)CN2)[C@H](C)c2ccccc2F)cc1. The number of hydrogen-bond donors (Lipinski definition) is 1. The second-order valence-corrected chi connectivity index (χ2v) is 13.7. The average Bonchev–Trinajstić information content (AvgIpc) is 3.11. The number of nitrogens with one attached hydrogen (secondary N) is 1. The lowest BCUT2D eigenvalue weighted by Crippen LogP contribution is -2.44. The summed E-state index contributed by atoms with van der Waals surface area (Å²) in [5, 5.41) is 3.38. The molecular weight excluding hydrogens is 399 g/mol. The number of esters is 1. The molecule has 1 saturated heterocycles. The van der Waals surface area contributed by atoms with Gasteiger partial charge >= 0.3 is 5.97 Å². The number of ether oxygens (including phenoxy) is 1. The van der Waals surface area contributed by atoms with Crippen LogP contribution in [-0.2, 0) is 16.1 Å². The Kier molecular flexibility index (Phi) is 6.73. The molecule has 7 heteroatoms. The molecule has 5 nitrogen and oxygen atoms in total. The van der Waals surface area contributed by atoms with Crippen LogP contribution in [0.1, 0.15) is 34.5 Å². The molecule has 160 valence electrons. The summed E-state index contributed by atoms with van der Waals surface area (Å²) in [5.41, 5.74) is 1.81. The van der Waals surface area contributed by atoms with Gasteiger partial charge in [-0.2, -0.15) is 0 Å². The molecule has 0 bridgehead atoms. The van der Waals surface area contributed by atoms with Gasteiger partial charge in [0.05, 0.1) is 32.8 Å². The average molecular weight is 429 g/mol. The molecule has 1 aliphatic rings. The third-order valence-electron chi connectivity index (χ3n) is 5.72. The predicted octanol–water partition coefficient (Wildman–Crippen LogP) is 3.92. The molecule has 0 unspecified atom stereocenters. The second kappa shape index (κ2) is 9.10. The van der Waals surface area contributed by atoms with E-state index in [0.717, 1.165) is 17.8 Å². The van der Waals surface area contributed by atoms with Crippen LogP contribution in [0.25, 0.3) is 0 Å². The maximum atomic E-state index is 14.5. The molecule has 3 rings (SSSR count). The molecule has 0 aromatic heterocycles. The lowest BCUT2D eigenvalue weighted by atomic mass is 10.0. The van der Waals surface area contributed by atoms with E-state index < -0.39 is 20.1 Å². The predicted molar refractivity (Wildman–Crippen MR) is 117 cm³/mol. The zero-order valence-corrected chi connectivity index (χ0v) is 18.9. The summed E-state index contributed by atoms with van der Waals surface area (Å²) in [6, 6.07) is 13.8. The van der Waals surface area contributed by atoms with Gasteiger partial charge < -0.3 is 15.0 Å². The lowest BCUT2D eigenvalue weighted by Gasteiger charge is -2.32. The fraction of sp³-hybridized carbons (Fsp3) is 0.391. The standard InChI is InChI=1S/C23H29FN2O3Si/c1-16(19-7-5-6-8-20(19)24)26(22(27)21-14-30(3,4)15-25-21)13-17-9-11-18(12-10-17)23(28)29-2/h5-12,16,21,25H,13-15H2,1-4H3/t16-,21+/m1/s1. The number of amides is 1. The molecule has 0 radical (unpaired) electrons. The molecule has 0 saturated carbocycles. The number of benzene rings is 2. The number of carbonyl (C=O) groups excluding carboxylic acids is 2. The van der Waals surface area contributed by atoms with Crippen LogP contribution in [0.5, 0.6) is 0 Å². The molecule has 1 aliphatic heterocycles. The quantitative estimate of drug-likeness (QED) is 0.560. The third kappa shape index (κ3) is 4.96. The summed E-state index contributed by atoms with van der Waals surface area (Å²) >= 11 is 0. The van der Waals surface area contributed by atoms with Gasteiger partial charge in [-0.05, 0) is 42.9 Å². The summed E-state index contributed by atoms with van der Waals surface area (Å²) in [4.78, 5) is 26.9. The fourth-order valence-corrected chi connectivity index (χ4v) is 6.29. The number of hydrogen-bond acceptors (Lipinski definition) is 4. The summed E-state index contributed by atoms with van der Waals surface area (Å²) in [6.45, 7) is 6.72. The highest BCUT2D eigenvalue weighted by molar-refractivity contribution is 6.78. The summed E-state index contributed by atoms with van der Waals surface area (Å²) in [6.07, 6.45) is 0.902. The minimum absolute atomic E-state index is 0.0131. The Bertz CT molecular complexity index is 917. The first kappa shape index (κ1) is 22.2. The zero-order valence-electron chi connectivity index (χ0n) is 17.9. The van der Waals surface area contributed by atoms with Crippen molar-refractivity contribution in [2.24, 2.45) is 0 Å². The van der Waals surface area contributed by atoms with Crippen molar-refractivity contribution in [1.82, 2.24) is 10.2 Å². The van der Waals surface area contributed by atoms with E-state index in [4.69, 9.17) is 4.74 Å². The first-order valence-corrected chi connectivity index (χ1v) is 13.6. The Morgan fingerprint density at radius 3 is 2.43 bits per heavy atom. The molecule has 2 aromatic carbocycles. The summed E-state index contributed by atoms with van der Waals surface area (Å²) in [5.74, 6) is -0.740. The van der Waals surface area contributed by atoms with Gasteiger partial charge in [0.2, 0.25) is 5.91 Å². The number of methoxy groups -OCH3 is 1. The zero-order chi connectivity index (χ0) is 21.9. The molecule has 1 heterocycles. The Balaban J connectivity index is 1.88. The first-order chi connectivity index (χ1) is 14.2.